The van der Waals surface area contributed by atoms with Crippen LogP contribution in [0.4, 0.5) is 43.9 Å². The zero-order chi connectivity index (χ0) is 17.7. The van der Waals surface area contributed by atoms with Crippen molar-refractivity contribution < 1.29 is 60.7 Å². The van der Waals surface area contributed by atoms with Gasteiger partial charge in [0.05, 0.1) is 0 Å². The molecule has 0 fully saturated rings. The van der Waals surface area contributed by atoms with Crippen LogP contribution >= 0.6 is 0 Å². The predicted molar refractivity (Wildman–Crippen MR) is 42.0 cm³/mol. The molecule has 0 aliphatic rings. The van der Waals surface area contributed by atoms with Gasteiger partial charge in [-0.2, -0.15) is 43.9 Å². The minimum absolute atomic E-state index is 0.422. The molecule has 0 aromatic carbocycles. The van der Waals surface area contributed by atoms with Crippen LogP contribution in [0.15, 0.2) is 0 Å². The molecule has 21 heavy (non-hydrogen) atoms. The molecule has 0 atom stereocenters. The van der Waals surface area contributed by atoms with Gasteiger partial charge in [0.25, 0.3) is 0 Å². The molecular weight excluding hydrogens is 380 g/mol. The summed E-state index contributed by atoms with van der Waals surface area (Å²) in [4.78, 5) is 0. The first kappa shape index (κ1) is 20.2. The zero-order valence-corrected chi connectivity index (χ0v) is 10.3. The molecule has 0 saturated heterocycles. The Morgan fingerprint density at radius 2 is 0.714 bits per heavy atom. The van der Waals surface area contributed by atoms with Crippen molar-refractivity contribution >= 4 is 20.0 Å². The van der Waals surface area contributed by atoms with E-state index < -0.39 is 42.9 Å². The highest BCUT2D eigenvalue weighted by Gasteiger charge is 2.74. The molecule has 0 unspecified atom stereocenters. The summed E-state index contributed by atoms with van der Waals surface area (Å²) >= 11 is 0. The fourth-order valence-electron chi connectivity index (χ4n) is 0.515. The topological polar surface area (TPSA) is 82.4 Å². The normalized spacial score (nSPS) is 16.1. The monoisotopic (exact) mass is 380 g/mol. The van der Waals surface area contributed by atoms with E-state index in [1.807, 2.05) is 0 Å². The second kappa shape index (κ2) is 4.83. The average molecular weight is 380 g/mol. The molecule has 0 rings (SSSR count). The van der Waals surface area contributed by atoms with Gasteiger partial charge in [-0.3, -0.25) is 0 Å². The Morgan fingerprint density at radius 1 is 0.524 bits per heavy atom. The van der Waals surface area contributed by atoms with E-state index >= 15 is 0 Å². The highest BCUT2D eigenvalue weighted by atomic mass is 32.3. The van der Waals surface area contributed by atoms with Crippen molar-refractivity contribution in [2.75, 3.05) is 0 Å². The summed E-state index contributed by atoms with van der Waals surface area (Å²) in [7, 11) is -15.2. The van der Waals surface area contributed by atoms with Gasteiger partial charge in [-0.05, 0) is 0 Å². The maximum atomic E-state index is 12.3. The van der Waals surface area contributed by atoms with E-state index in [9.17, 15) is 60.7 Å². The van der Waals surface area contributed by atoms with Crippen molar-refractivity contribution in [3.05, 3.63) is 0 Å². The third-order valence-corrected chi connectivity index (χ3v) is 4.83. The number of rotatable bonds is 4. The van der Waals surface area contributed by atoms with Gasteiger partial charge < -0.3 is 0 Å². The van der Waals surface area contributed by atoms with Crippen LogP contribution in [-0.2, 0) is 20.0 Å². The minimum Gasteiger partial charge on any atom is -0.203 e. The standard InChI is InChI=1S/C4F10NO4S2/c5-1(6,7)3(11,12)20(16,17)15-21(18,19)4(13,14)2(8,9)10. The van der Waals surface area contributed by atoms with E-state index in [-0.39, 0.29) is 0 Å². The summed E-state index contributed by atoms with van der Waals surface area (Å²) in [5.74, 6) is 0. The van der Waals surface area contributed by atoms with Gasteiger partial charge in [-0.15, -0.1) is 0 Å². The fraction of sp³-hybridized carbons (Fsp3) is 1.00. The molecule has 0 aromatic heterocycles. The van der Waals surface area contributed by atoms with Crippen molar-refractivity contribution in [1.82, 2.24) is 4.13 Å². The lowest BCUT2D eigenvalue weighted by Crippen LogP contribution is -2.54. The molecule has 0 aliphatic carbocycles. The van der Waals surface area contributed by atoms with Crippen LogP contribution < -0.4 is 4.13 Å². The van der Waals surface area contributed by atoms with Crippen LogP contribution in [0.3, 0.4) is 0 Å². The second-order valence-electron chi connectivity index (χ2n) is 3.05. The van der Waals surface area contributed by atoms with Crippen molar-refractivity contribution in [2.24, 2.45) is 0 Å². The lowest BCUT2D eigenvalue weighted by molar-refractivity contribution is -0.242. The zero-order valence-electron chi connectivity index (χ0n) is 8.68. The first-order valence-corrected chi connectivity index (χ1v) is 6.71. The Hall–Kier alpha value is -0.840. The highest BCUT2D eigenvalue weighted by molar-refractivity contribution is 8.05. The first-order valence-electron chi connectivity index (χ1n) is 3.83. The minimum atomic E-state index is -7.62. The molecule has 0 heterocycles. The molecule has 5 nitrogen and oxygen atoms in total. The highest BCUT2D eigenvalue weighted by Crippen LogP contribution is 2.43. The van der Waals surface area contributed by atoms with E-state index in [1.54, 1.807) is 0 Å². The number of sulfonamides is 2. The maximum Gasteiger partial charge on any atom is 0.471 e. The molecule has 0 saturated carbocycles. The third kappa shape index (κ3) is 3.33. The number of nitrogens with zero attached hydrogens (tertiary/aromatic N) is 1. The first-order chi connectivity index (χ1) is 8.71. The van der Waals surface area contributed by atoms with E-state index in [4.69, 9.17) is 0 Å². The summed E-state index contributed by atoms with van der Waals surface area (Å²) in [5, 5.41) is -14.0. The van der Waals surface area contributed by atoms with Crippen molar-refractivity contribution in [3.8, 4) is 0 Å². The Labute approximate surface area is 109 Å². The van der Waals surface area contributed by atoms with Gasteiger partial charge in [0.1, 0.15) is 0 Å². The number of halogens is 10. The fourth-order valence-corrected chi connectivity index (χ4v) is 2.88. The molecule has 0 bridgehead atoms. The summed E-state index contributed by atoms with van der Waals surface area (Å²) in [5.41, 5.74) is 0. The second-order valence-corrected chi connectivity index (χ2v) is 6.58. The smallest absolute Gasteiger partial charge is 0.203 e. The maximum absolute atomic E-state index is 12.3. The van der Waals surface area contributed by atoms with Gasteiger partial charge in [-0.25, -0.2) is 16.8 Å². The van der Waals surface area contributed by atoms with Crippen LogP contribution in [0.5, 0.6) is 0 Å². The van der Waals surface area contributed by atoms with Crippen LogP contribution in [0.1, 0.15) is 0 Å². The van der Waals surface area contributed by atoms with Crippen molar-refractivity contribution in [1.29, 1.82) is 0 Å². The number of alkyl halides is 10. The van der Waals surface area contributed by atoms with E-state index in [0.29, 0.717) is 4.13 Å². The van der Waals surface area contributed by atoms with Crippen LogP contribution in [0.2, 0.25) is 0 Å². The predicted octanol–water partition coefficient (Wildman–Crippen LogP) is 1.56. The Bertz CT molecular complexity index is 544. The molecule has 17 heteroatoms. The molecule has 0 spiro atoms. The Morgan fingerprint density at radius 3 is 0.857 bits per heavy atom. The molecular formula is C4F10NO4S2. The lowest BCUT2D eigenvalue weighted by Gasteiger charge is -2.21. The lowest BCUT2D eigenvalue weighted by atomic mass is 10.7. The number of hydrogen-bond acceptors (Lipinski definition) is 4. The van der Waals surface area contributed by atoms with Gasteiger partial charge in [0, 0.05) is 4.13 Å². The molecule has 0 N–H and O–H groups in total. The van der Waals surface area contributed by atoms with Crippen LogP contribution in [-0.4, -0.2) is 39.7 Å². The molecule has 0 aliphatic heterocycles. The Balaban J connectivity index is 5.91. The van der Waals surface area contributed by atoms with Gasteiger partial charge in [-0.1, -0.05) is 0 Å². The van der Waals surface area contributed by atoms with Gasteiger partial charge in [0.2, 0.25) is 0 Å². The van der Waals surface area contributed by atoms with E-state index in [2.05, 4.69) is 0 Å². The molecule has 1 radical (unpaired) electrons. The van der Waals surface area contributed by atoms with Crippen molar-refractivity contribution in [2.45, 2.75) is 22.9 Å². The quantitative estimate of drug-likeness (QED) is 0.694. The van der Waals surface area contributed by atoms with E-state index in [1.165, 1.54) is 0 Å². The third-order valence-electron chi connectivity index (χ3n) is 1.50. The van der Waals surface area contributed by atoms with E-state index in [0.717, 1.165) is 0 Å². The summed E-state index contributed by atoms with van der Waals surface area (Å²) < 4.78 is 161. The van der Waals surface area contributed by atoms with Gasteiger partial charge in [0.15, 0.2) is 0 Å². The largest absolute Gasteiger partial charge is 0.471 e. The van der Waals surface area contributed by atoms with Gasteiger partial charge >= 0.3 is 42.9 Å². The van der Waals surface area contributed by atoms with Crippen molar-refractivity contribution in [3.63, 3.8) is 0 Å². The summed E-state index contributed by atoms with van der Waals surface area (Å²) in [6.45, 7) is 0. The molecule has 0 amide bonds. The Kier molecular flexibility index (Phi) is 4.64. The average Bonchev–Trinajstić information content (AvgIpc) is 2.11. The van der Waals surface area contributed by atoms with Crippen LogP contribution in [0.25, 0.3) is 0 Å². The molecule has 127 valence electrons. The SMILES string of the molecule is O=S(=O)([N]S(=O)(=O)C(F)(F)C(F)(F)F)C(F)(F)C(F)(F)F. The molecule has 0 aromatic rings. The number of hydrogen-bond donors (Lipinski definition) is 0. The van der Waals surface area contributed by atoms with Crippen LogP contribution in [0, 0.1) is 0 Å². The summed E-state index contributed by atoms with van der Waals surface area (Å²) in [6.07, 6.45) is -14.0. The summed E-state index contributed by atoms with van der Waals surface area (Å²) in [6, 6.07) is 0.